The smallest absolute Gasteiger partial charge is 0.271 e. The Morgan fingerprint density at radius 2 is 1.37 bits per heavy atom. The minimum absolute atomic E-state index is 0.177. The van der Waals surface area contributed by atoms with E-state index in [0.29, 0.717) is 51.1 Å². The first-order valence-corrected chi connectivity index (χ1v) is 16.0. The second kappa shape index (κ2) is 14.9. The second-order valence-electron chi connectivity index (χ2n) is 10.3. The van der Waals surface area contributed by atoms with Gasteiger partial charge in [0.05, 0.1) is 22.9 Å². The molecule has 5 aromatic rings. The lowest BCUT2D eigenvalue weighted by Crippen LogP contribution is -2.28. The largest absolute Gasteiger partial charge is 0.490 e. The summed E-state index contributed by atoms with van der Waals surface area (Å²) in [4.78, 5) is 20.8. The number of nitrogens with zero attached hydrogens (tertiary/aromatic N) is 2. The van der Waals surface area contributed by atoms with Gasteiger partial charge >= 0.3 is 0 Å². The zero-order valence-corrected chi connectivity index (χ0v) is 26.7. The average molecular weight is 647 g/mol. The van der Waals surface area contributed by atoms with Crippen LogP contribution in [0.5, 0.6) is 17.2 Å². The number of benzene rings is 5. The highest BCUT2D eigenvalue weighted by molar-refractivity contribution is 8.19. The van der Waals surface area contributed by atoms with Crippen molar-refractivity contribution in [3.8, 4) is 17.2 Å². The van der Waals surface area contributed by atoms with Gasteiger partial charge in [-0.15, -0.1) is 0 Å². The monoisotopic (exact) mass is 646 g/mol. The molecule has 6 rings (SSSR count). The van der Waals surface area contributed by atoms with Crippen molar-refractivity contribution in [2.75, 3.05) is 11.5 Å². The Hall–Kier alpha value is -4.98. The van der Waals surface area contributed by atoms with Gasteiger partial charge in [0.25, 0.3) is 5.91 Å². The lowest BCUT2D eigenvalue weighted by molar-refractivity contribution is -0.113. The number of amides is 1. The summed E-state index contributed by atoms with van der Waals surface area (Å²) in [5.41, 5.74) is 4.16. The second-order valence-corrected chi connectivity index (χ2v) is 11.7. The van der Waals surface area contributed by atoms with E-state index < -0.39 is 0 Å². The molecule has 0 unspecified atom stereocenters. The average Bonchev–Trinajstić information content (AvgIpc) is 3.38. The van der Waals surface area contributed by atoms with E-state index in [0.717, 1.165) is 22.5 Å². The van der Waals surface area contributed by atoms with Gasteiger partial charge in [0.2, 0.25) is 0 Å². The Morgan fingerprint density at radius 1 is 0.717 bits per heavy atom. The first-order chi connectivity index (χ1) is 22.6. The molecule has 0 aliphatic carbocycles. The van der Waals surface area contributed by atoms with Crippen LogP contribution in [0.4, 0.5) is 11.4 Å². The summed E-state index contributed by atoms with van der Waals surface area (Å²) < 4.78 is 18.3. The zero-order chi connectivity index (χ0) is 31.7. The number of carbonyl (C=O) groups is 1. The summed E-state index contributed by atoms with van der Waals surface area (Å²) in [6.07, 6.45) is 1.81. The van der Waals surface area contributed by atoms with Gasteiger partial charge in [0, 0.05) is 10.6 Å². The molecule has 0 bridgehead atoms. The van der Waals surface area contributed by atoms with Crippen molar-refractivity contribution in [2.45, 2.75) is 20.1 Å². The van der Waals surface area contributed by atoms with Crippen molar-refractivity contribution >= 4 is 51.9 Å². The Balaban J connectivity index is 1.24. The number of hydrogen-bond acceptors (Lipinski definition) is 6. The highest BCUT2D eigenvalue weighted by Gasteiger charge is 2.35. The van der Waals surface area contributed by atoms with Gasteiger partial charge in [0.1, 0.15) is 19.0 Å². The van der Waals surface area contributed by atoms with E-state index in [1.165, 1.54) is 11.8 Å². The molecule has 1 fully saturated rings. The van der Waals surface area contributed by atoms with Crippen LogP contribution < -0.4 is 19.1 Å². The maximum absolute atomic E-state index is 13.8. The third-order valence-electron chi connectivity index (χ3n) is 7.00. The summed E-state index contributed by atoms with van der Waals surface area (Å²) >= 11 is 7.73. The fourth-order valence-corrected chi connectivity index (χ4v) is 5.97. The number of rotatable bonds is 11. The van der Waals surface area contributed by atoms with Gasteiger partial charge in [-0.25, -0.2) is 4.99 Å². The number of amidine groups is 1. The molecular formula is C38H31ClN2O4S. The van der Waals surface area contributed by atoms with Crippen molar-refractivity contribution < 1.29 is 19.0 Å². The number of aliphatic imine (C=N–C) groups is 1. The summed E-state index contributed by atoms with van der Waals surface area (Å²) in [7, 11) is 0. The molecule has 0 aromatic heterocycles. The van der Waals surface area contributed by atoms with Crippen LogP contribution >= 0.6 is 23.4 Å². The van der Waals surface area contributed by atoms with E-state index in [1.807, 2.05) is 128 Å². The van der Waals surface area contributed by atoms with Crippen molar-refractivity contribution in [3.05, 3.63) is 154 Å². The SMILES string of the molecule is CCOc1cc(COc2ccc(Cl)cc2/C=C2/SC(=Nc3ccccc3)N(c3ccccc3)C2=O)ccc1OCc1ccccc1. The molecule has 0 spiro atoms. The van der Waals surface area contributed by atoms with Gasteiger partial charge < -0.3 is 14.2 Å². The number of thioether (sulfide) groups is 1. The van der Waals surface area contributed by atoms with E-state index >= 15 is 0 Å². The van der Waals surface area contributed by atoms with Crippen molar-refractivity contribution in [1.29, 1.82) is 0 Å². The zero-order valence-electron chi connectivity index (χ0n) is 25.1. The van der Waals surface area contributed by atoms with Crippen LogP contribution in [0.2, 0.25) is 5.02 Å². The van der Waals surface area contributed by atoms with E-state index in [1.54, 1.807) is 17.0 Å². The van der Waals surface area contributed by atoms with Crippen LogP contribution in [0.1, 0.15) is 23.6 Å². The fraction of sp³-hybridized carbons (Fsp3) is 0.105. The number of hydrogen-bond donors (Lipinski definition) is 0. The number of halogens is 1. The highest BCUT2D eigenvalue weighted by Crippen LogP contribution is 2.39. The fourth-order valence-electron chi connectivity index (χ4n) is 4.80. The van der Waals surface area contributed by atoms with Crippen LogP contribution in [-0.4, -0.2) is 17.7 Å². The Labute approximate surface area is 277 Å². The lowest BCUT2D eigenvalue weighted by Gasteiger charge is -2.15. The maximum Gasteiger partial charge on any atom is 0.271 e. The van der Waals surface area contributed by atoms with E-state index in [-0.39, 0.29) is 12.5 Å². The summed E-state index contributed by atoms with van der Waals surface area (Å²) in [5.74, 6) is 1.73. The highest BCUT2D eigenvalue weighted by atomic mass is 35.5. The summed E-state index contributed by atoms with van der Waals surface area (Å²) in [6.45, 7) is 3.15. The van der Waals surface area contributed by atoms with Crippen molar-refractivity contribution in [1.82, 2.24) is 0 Å². The molecule has 0 atom stereocenters. The third-order valence-corrected chi connectivity index (χ3v) is 8.20. The number of anilines is 1. The standard InChI is InChI=1S/C38H31ClN2O4S/c1-2-43-35-22-28(18-20-34(35)45-25-27-12-6-3-7-13-27)26-44-33-21-19-30(39)23-29(33)24-36-37(42)41(32-16-10-5-11-17-32)38(46-36)40-31-14-8-4-9-15-31/h3-24H,2,25-26H2,1H3/b36-24+,40-38?. The molecule has 6 nitrogen and oxygen atoms in total. The van der Waals surface area contributed by atoms with Gasteiger partial charge in [-0.2, -0.15) is 0 Å². The Bertz CT molecular complexity index is 1860. The van der Waals surface area contributed by atoms with E-state index in [9.17, 15) is 4.79 Å². The lowest BCUT2D eigenvalue weighted by atomic mass is 10.1. The third kappa shape index (κ3) is 7.62. The predicted octanol–water partition coefficient (Wildman–Crippen LogP) is 9.71. The molecule has 1 aliphatic heterocycles. The van der Waals surface area contributed by atoms with Crippen LogP contribution in [0, 0.1) is 0 Å². The van der Waals surface area contributed by atoms with Crippen LogP contribution in [0.3, 0.4) is 0 Å². The maximum atomic E-state index is 13.8. The minimum Gasteiger partial charge on any atom is -0.490 e. The molecule has 0 saturated carbocycles. The molecule has 1 heterocycles. The van der Waals surface area contributed by atoms with Crippen LogP contribution in [-0.2, 0) is 18.0 Å². The first-order valence-electron chi connectivity index (χ1n) is 14.8. The molecular weight excluding hydrogens is 616 g/mol. The van der Waals surface area contributed by atoms with Gasteiger partial charge in [-0.1, -0.05) is 84.4 Å². The molecule has 5 aromatic carbocycles. The molecule has 46 heavy (non-hydrogen) atoms. The Kier molecular flexibility index (Phi) is 10.0. The normalized spacial score (nSPS) is 14.6. The molecule has 0 radical (unpaired) electrons. The first kappa shape index (κ1) is 31.0. The predicted molar refractivity (Wildman–Crippen MR) is 187 cm³/mol. The van der Waals surface area contributed by atoms with Gasteiger partial charge in [-0.05, 0) is 90.5 Å². The Morgan fingerprint density at radius 3 is 2.11 bits per heavy atom. The topological polar surface area (TPSA) is 60.4 Å². The molecule has 1 saturated heterocycles. The van der Waals surface area contributed by atoms with Crippen LogP contribution in [0.25, 0.3) is 6.08 Å². The molecule has 1 aliphatic rings. The molecule has 8 heteroatoms. The van der Waals surface area contributed by atoms with E-state index in [4.69, 9.17) is 30.8 Å². The quantitative estimate of drug-likeness (QED) is 0.134. The molecule has 230 valence electrons. The number of carbonyl (C=O) groups excluding carboxylic acids is 1. The van der Waals surface area contributed by atoms with E-state index in [2.05, 4.69) is 0 Å². The number of ether oxygens (including phenoxy) is 3. The summed E-state index contributed by atoms with van der Waals surface area (Å²) in [6, 6.07) is 40.3. The van der Waals surface area contributed by atoms with Gasteiger partial charge in [0.15, 0.2) is 16.7 Å². The minimum atomic E-state index is -0.177. The summed E-state index contributed by atoms with van der Waals surface area (Å²) in [5, 5.41) is 1.10. The molecule has 1 amide bonds. The van der Waals surface area contributed by atoms with Crippen LogP contribution in [0.15, 0.2) is 137 Å². The van der Waals surface area contributed by atoms with Crippen molar-refractivity contribution in [3.63, 3.8) is 0 Å². The van der Waals surface area contributed by atoms with Gasteiger partial charge in [-0.3, -0.25) is 9.69 Å². The molecule has 0 N–H and O–H groups in total. The number of para-hydroxylation sites is 2. The van der Waals surface area contributed by atoms with Crippen molar-refractivity contribution in [2.24, 2.45) is 4.99 Å².